The third kappa shape index (κ3) is 4.13. The summed E-state index contributed by atoms with van der Waals surface area (Å²) in [4.78, 5) is 11.5. The molecule has 0 aromatic heterocycles. The maximum absolute atomic E-state index is 12.9. The molecule has 20 heavy (non-hydrogen) atoms. The van der Waals surface area contributed by atoms with E-state index in [1.165, 1.54) is 19.2 Å². The van der Waals surface area contributed by atoms with Gasteiger partial charge in [0.25, 0.3) is 0 Å². The molecule has 0 fully saturated rings. The molecule has 1 rings (SSSR count). The Bertz CT molecular complexity index is 501. The standard InChI is InChI=1S/C13H15BrF3NO2/c1-12(2,11(19)20-3)7-18-10-5-4-8(14)6-9(10)13(15,16)17/h4-6,18H,7H2,1-3H3. The van der Waals surface area contributed by atoms with Gasteiger partial charge in [0.15, 0.2) is 0 Å². The number of hydrogen-bond donors (Lipinski definition) is 1. The van der Waals surface area contributed by atoms with Crippen molar-refractivity contribution in [3.05, 3.63) is 28.2 Å². The topological polar surface area (TPSA) is 38.3 Å². The molecule has 0 saturated carbocycles. The molecule has 0 radical (unpaired) electrons. The number of rotatable bonds is 4. The zero-order valence-electron chi connectivity index (χ0n) is 11.3. The SMILES string of the molecule is COC(=O)C(C)(C)CNc1ccc(Br)cc1C(F)(F)F. The first kappa shape index (κ1) is 16.8. The summed E-state index contributed by atoms with van der Waals surface area (Å²) in [6.07, 6.45) is -4.47. The Morgan fingerprint density at radius 3 is 2.45 bits per heavy atom. The molecule has 0 aliphatic rings. The van der Waals surface area contributed by atoms with E-state index >= 15 is 0 Å². The van der Waals surface area contributed by atoms with Crippen molar-refractivity contribution in [2.24, 2.45) is 5.41 Å². The van der Waals surface area contributed by atoms with E-state index in [0.29, 0.717) is 4.47 Å². The molecule has 0 aliphatic heterocycles. The number of anilines is 1. The molecule has 112 valence electrons. The summed E-state index contributed by atoms with van der Waals surface area (Å²) in [5, 5.41) is 2.66. The molecule has 0 atom stereocenters. The third-order valence-electron chi connectivity index (χ3n) is 2.75. The number of esters is 1. The maximum atomic E-state index is 12.9. The molecule has 0 heterocycles. The van der Waals surface area contributed by atoms with Crippen LogP contribution in [0.2, 0.25) is 0 Å². The summed E-state index contributed by atoms with van der Waals surface area (Å²) in [6, 6.07) is 3.82. The smallest absolute Gasteiger partial charge is 0.418 e. The predicted molar refractivity (Wildman–Crippen MR) is 73.4 cm³/mol. The largest absolute Gasteiger partial charge is 0.469 e. The molecular weight excluding hydrogens is 339 g/mol. The summed E-state index contributed by atoms with van der Waals surface area (Å²) >= 11 is 3.01. The van der Waals surface area contributed by atoms with Gasteiger partial charge in [0.2, 0.25) is 0 Å². The molecule has 1 aromatic rings. The molecule has 1 N–H and O–H groups in total. The summed E-state index contributed by atoms with van der Waals surface area (Å²) in [5.41, 5.74) is -1.78. The molecule has 1 aromatic carbocycles. The Morgan fingerprint density at radius 2 is 1.95 bits per heavy atom. The van der Waals surface area contributed by atoms with E-state index in [9.17, 15) is 18.0 Å². The fourth-order valence-electron chi connectivity index (χ4n) is 1.57. The van der Waals surface area contributed by atoms with Crippen molar-refractivity contribution in [2.75, 3.05) is 19.0 Å². The Kier molecular flexibility index (Phi) is 5.07. The van der Waals surface area contributed by atoms with Gasteiger partial charge in [0, 0.05) is 16.7 Å². The van der Waals surface area contributed by atoms with Crippen molar-refractivity contribution >= 4 is 27.6 Å². The first-order valence-electron chi connectivity index (χ1n) is 5.77. The lowest BCUT2D eigenvalue weighted by Gasteiger charge is -2.24. The van der Waals surface area contributed by atoms with Gasteiger partial charge >= 0.3 is 12.1 Å². The van der Waals surface area contributed by atoms with Crippen LogP contribution in [0.3, 0.4) is 0 Å². The minimum absolute atomic E-state index is 0.0321. The van der Waals surface area contributed by atoms with Crippen molar-refractivity contribution in [1.82, 2.24) is 0 Å². The van der Waals surface area contributed by atoms with Crippen molar-refractivity contribution in [1.29, 1.82) is 0 Å². The fraction of sp³-hybridized carbons (Fsp3) is 0.462. The lowest BCUT2D eigenvalue weighted by atomic mass is 9.93. The zero-order valence-corrected chi connectivity index (χ0v) is 12.9. The average Bonchev–Trinajstić information content (AvgIpc) is 2.35. The van der Waals surface area contributed by atoms with E-state index in [0.717, 1.165) is 6.07 Å². The van der Waals surface area contributed by atoms with Crippen LogP contribution in [0.25, 0.3) is 0 Å². The Labute approximate surface area is 123 Å². The number of carbonyl (C=O) groups excluding carboxylic acids is 1. The van der Waals surface area contributed by atoms with Crippen LogP contribution in [-0.4, -0.2) is 19.6 Å². The number of alkyl halides is 3. The quantitative estimate of drug-likeness (QED) is 0.829. The van der Waals surface area contributed by atoms with Crippen LogP contribution in [0.15, 0.2) is 22.7 Å². The van der Waals surface area contributed by atoms with Crippen LogP contribution < -0.4 is 5.32 Å². The van der Waals surface area contributed by atoms with Gasteiger partial charge in [0.05, 0.1) is 18.1 Å². The summed E-state index contributed by atoms with van der Waals surface area (Å²) in [6.45, 7) is 3.22. The van der Waals surface area contributed by atoms with Crippen LogP contribution in [-0.2, 0) is 15.7 Å². The first-order valence-corrected chi connectivity index (χ1v) is 6.56. The van der Waals surface area contributed by atoms with E-state index in [-0.39, 0.29) is 12.2 Å². The number of halogens is 4. The van der Waals surface area contributed by atoms with E-state index in [4.69, 9.17) is 0 Å². The highest BCUT2D eigenvalue weighted by atomic mass is 79.9. The van der Waals surface area contributed by atoms with Crippen molar-refractivity contribution in [3.8, 4) is 0 Å². The van der Waals surface area contributed by atoms with Gasteiger partial charge in [0.1, 0.15) is 0 Å². The second-order valence-electron chi connectivity index (χ2n) is 4.92. The number of methoxy groups -OCH3 is 1. The van der Waals surface area contributed by atoms with Crippen LogP contribution in [0.4, 0.5) is 18.9 Å². The van der Waals surface area contributed by atoms with Gasteiger partial charge in [-0.2, -0.15) is 13.2 Å². The van der Waals surface area contributed by atoms with Gasteiger partial charge in [-0.1, -0.05) is 15.9 Å². The number of nitrogens with one attached hydrogen (secondary N) is 1. The molecule has 0 bridgehead atoms. The highest BCUT2D eigenvalue weighted by molar-refractivity contribution is 9.10. The van der Waals surface area contributed by atoms with E-state index in [1.54, 1.807) is 13.8 Å². The van der Waals surface area contributed by atoms with E-state index in [2.05, 4.69) is 26.0 Å². The second kappa shape index (κ2) is 6.03. The molecular formula is C13H15BrF3NO2. The third-order valence-corrected chi connectivity index (χ3v) is 3.24. The lowest BCUT2D eigenvalue weighted by molar-refractivity contribution is -0.149. The second-order valence-corrected chi connectivity index (χ2v) is 5.83. The van der Waals surface area contributed by atoms with Crippen LogP contribution in [0.1, 0.15) is 19.4 Å². The molecule has 0 saturated heterocycles. The van der Waals surface area contributed by atoms with Crippen molar-refractivity contribution in [2.45, 2.75) is 20.0 Å². The molecule has 0 amide bonds. The molecule has 3 nitrogen and oxygen atoms in total. The predicted octanol–water partition coefficient (Wildman–Crippen LogP) is 4.08. The van der Waals surface area contributed by atoms with E-state index in [1.807, 2.05) is 0 Å². The van der Waals surface area contributed by atoms with Crippen molar-refractivity contribution < 1.29 is 22.7 Å². The zero-order chi connectivity index (χ0) is 15.6. The van der Waals surface area contributed by atoms with Gasteiger partial charge in [-0.25, -0.2) is 0 Å². The van der Waals surface area contributed by atoms with Gasteiger partial charge in [-0.05, 0) is 32.0 Å². The van der Waals surface area contributed by atoms with E-state index < -0.39 is 23.1 Å². The minimum Gasteiger partial charge on any atom is -0.469 e. The monoisotopic (exact) mass is 353 g/mol. The number of benzene rings is 1. The van der Waals surface area contributed by atoms with Crippen LogP contribution in [0.5, 0.6) is 0 Å². The van der Waals surface area contributed by atoms with Gasteiger partial charge < -0.3 is 10.1 Å². The van der Waals surface area contributed by atoms with Crippen LogP contribution in [0, 0.1) is 5.41 Å². The number of ether oxygens (including phenoxy) is 1. The summed E-state index contributed by atoms with van der Waals surface area (Å²) in [7, 11) is 1.24. The molecule has 0 unspecified atom stereocenters. The fourth-order valence-corrected chi connectivity index (χ4v) is 1.93. The van der Waals surface area contributed by atoms with Gasteiger partial charge in [-0.15, -0.1) is 0 Å². The maximum Gasteiger partial charge on any atom is 0.418 e. The van der Waals surface area contributed by atoms with Crippen molar-refractivity contribution in [3.63, 3.8) is 0 Å². The summed E-state index contributed by atoms with van der Waals surface area (Å²) in [5.74, 6) is -0.490. The number of hydrogen-bond acceptors (Lipinski definition) is 3. The molecule has 0 spiro atoms. The highest BCUT2D eigenvalue weighted by Gasteiger charge is 2.35. The molecule has 7 heteroatoms. The Morgan fingerprint density at radius 1 is 1.35 bits per heavy atom. The normalized spacial score (nSPS) is 12.2. The Hall–Kier alpha value is -1.24. The van der Waals surface area contributed by atoms with Crippen LogP contribution >= 0.6 is 15.9 Å². The lowest BCUT2D eigenvalue weighted by Crippen LogP contribution is -2.33. The minimum atomic E-state index is -4.47. The number of carbonyl (C=O) groups is 1. The highest BCUT2D eigenvalue weighted by Crippen LogP contribution is 2.37. The summed E-state index contributed by atoms with van der Waals surface area (Å²) < 4.78 is 43.7. The average molecular weight is 354 g/mol. The first-order chi connectivity index (χ1) is 9.08. The Balaban J connectivity index is 2.97. The van der Waals surface area contributed by atoms with Gasteiger partial charge in [-0.3, -0.25) is 4.79 Å². The molecule has 0 aliphatic carbocycles.